The van der Waals surface area contributed by atoms with E-state index >= 15 is 0 Å². The number of quaternary nitrogens is 1. The minimum atomic E-state index is -1.48. The van der Waals surface area contributed by atoms with Crippen molar-refractivity contribution in [2.75, 3.05) is 24.6 Å². The number of thioether (sulfide) groups is 3. The number of hydrogen-bond acceptors (Lipinski definition) is 13. The number of amides is 2. The molecule has 6 N–H and O–H groups in total. The molecule has 40 heavy (non-hydrogen) atoms. The van der Waals surface area contributed by atoms with Crippen LogP contribution in [0.15, 0.2) is 39.1 Å². The number of anilines is 1. The van der Waals surface area contributed by atoms with Crippen LogP contribution in [0.3, 0.4) is 0 Å². The maximum Gasteiger partial charge on any atom is 0.276 e. The van der Waals surface area contributed by atoms with Crippen LogP contribution in [0, 0.1) is 0 Å². The molecule has 5 heterocycles. The van der Waals surface area contributed by atoms with Gasteiger partial charge in [0.15, 0.2) is 10.8 Å². The van der Waals surface area contributed by atoms with E-state index in [1.54, 1.807) is 12.4 Å². The molecule has 2 fully saturated rings. The van der Waals surface area contributed by atoms with E-state index in [4.69, 9.17) is 17.3 Å². The van der Waals surface area contributed by atoms with E-state index in [9.17, 15) is 24.7 Å². The molecule has 2 aromatic heterocycles. The van der Waals surface area contributed by atoms with Gasteiger partial charge in [0.2, 0.25) is 0 Å². The van der Waals surface area contributed by atoms with Crippen LogP contribution >= 0.6 is 58.2 Å². The molecule has 0 spiro atoms. The predicted molar refractivity (Wildman–Crippen MR) is 153 cm³/mol. The van der Waals surface area contributed by atoms with Crippen molar-refractivity contribution >= 4 is 86.9 Å². The molecule has 3 aliphatic heterocycles. The SMILES string of the molecule is Nc1nc(/C(=N/O)C(=O)N[C@@H]2C(=O)N3C(C(=O)[O-])=C(Sc4ccncc4CSC4CC[NH2+]CC4)CS[C@H]23)c(Cl)s1. The number of rotatable bonds is 9. The standard InChI is InChI=1S/C23H24ClN7O5S4/c24-18-14(29-23(25)40-18)15(30-36)19(32)28-16-20(33)31-17(22(34)35)13(9-38-21(16)31)39-12-3-6-27-7-10(12)8-37-11-1-4-26-5-2-11/h3,6-7,11,16,21,26,36H,1-2,4-5,8-9H2,(H2,25,29)(H,28,32)(H,34,35)/b30-15-/t16-,21-/m1/s1. The molecule has 0 aliphatic carbocycles. The van der Waals surface area contributed by atoms with Crippen LogP contribution < -0.4 is 21.5 Å². The van der Waals surface area contributed by atoms with Crippen LogP contribution in [-0.4, -0.2) is 79.1 Å². The van der Waals surface area contributed by atoms with Gasteiger partial charge in [-0.15, -0.1) is 11.8 Å². The van der Waals surface area contributed by atoms with E-state index in [0.29, 0.717) is 10.2 Å². The molecule has 3 aliphatic rings. The predicted octanol–water partition coefficient (Wildman–Crippen LogP) is 0.0647. The summed E-state index contributed by atoms with van der Waals surface area (Å²) in [6.07, 6.45) is 5.76. The number of aromatic nitrogens is 2. The van der Waals surface area contributed by atoms with Gasteiger partial charge in [0, 0.05) is 51.8 Å². The molecular formula is C23H24ClN7O5S4. The highest BCUT2D eigenvalue weighted by atomic mass is 35.5. The smallest absolute Gasteiger partial charge is 0.276 e. The van der Waals surface area contributed by atoms with Crippen LogP contribution in [0.2, 0.25) is 4.34 Å². The fraction of sp³-hybridized carbons (Fsp3) is 0.391. The number of carboxylic acid groups (broad SMARTS) is 1. The minimum absolute atomic E-state index is 0.0454. The van der Waals surface area contributed by atoms with Gasteiger partial charge in [-0.05, 0) is 11.6 Å². The number of carboxylic acids is 1. The van der Waals surface area contributed by atoms with Gasteiger partial charge in [0.05, 0.1) is 24.8 Å². The van der Waals surface area contributed by atoms with Crippen molar-refractivity contribution in [3.05, 3.63) is 44.7 Å². The molecule has 17 heteroatoms. The van der Waals surface area contributed by atoms with E-state index < -0.39 is 34.9 Å². The first-order valence-corrected chi connectivity index (χ1v) is 16.3. The zero-order chi connectivity index (χ0) is 28.4. The number of nitrogens with one attached hydrogen (secondary N) is 1. The second-order valence-corrected chi connectivity index (χ2v) is 14.2. The molecule has 212 valence electrons. The molecule has 0 unspecified atom stereocenters. The lowest BCUT2D eigenvalue weighted by molar-refractivity contribution is -0.661. The van der Waals surface area contributed by atoms with E-state index in [1.807, 2.05) is 17.8 Å². The van der Waals surface area contributed by atoms with Crippen molar-refractivity contribution in [1.29, 1.82) is 0 Å². The number of hydrogen-bond donors (Lipinski definition) is 4. The monoisotopic (exact) mass is 641 g/mol. The first kappa shape index (κ1) is 29.0. The van der Waals surface area contributed by atoms with Gasteiger partial charge in [0.1, 0.15) is 21.4 Å². The molecule has 0 radical (unpaired) electrons. The molecule has 2 aromatic rings. The number of fused-ring (bicyclic) bond motifs is 1. The fourth-order valence-electron chi connectivity index (χ4n) is 4.56. The average molecular weight is 642 g/mol. The first-order chi connectivity index (χ1) is 19.3. The molecule has 12 nitrogen and oxygen atoms in total. The third-order valence-corrected chi connectivity index (χ3v) is 11.7. The number of nitrogens with two attached hydrogens (primary N) is 2. The molecule has 0 bridgehead atoms. The van der Waals surface area contributed by atoms with E-state index in [-0.39, 0.29) is 26.6 Å². The number of pyridine rings is 1. The van der Waals surface area contributed by atoms with Crippen molar-refractivity contribution in [2.24, 2.45) is 5.16 Å². The Morgan fingerprint density at radius 2 is 2.15 bits per heavy atom. The number of piperidine rings is 1. The highest BCUT2D eigenvalue weighted by Crippen LogP contribution is 2.46. The Morgan fingerprint density at radius 3 is 2.83 bits per heavy atom. The summed E-state index contributed by atoms with van der Waals surface area (Å²) >= 11 is 11.4. The van der Waals surface area contributed by atoms with Gasteiger partial charge in [-0.25, -0.2) is 4.98 Å². The van der Waals surface area contributed by atoms with E-state index in [1.165, 1.54) is 23.5 Å². The summed E-state index contributed by atoms with van der Waals surface area (Å²) in [4.78, 5) is 48.8. The third kappa shape index (κ3) is 5.92. The van der Waals surface area contributed by atoms with Crippen molar-refractivity contribution in [2.45, 2.75) is 40.2 Å². The summed E-state index contributed by atoms with van der Waals surface area (Å²) < 4.78 is 0.0454. The van der Waals surface area contributed by atoms with Gasteiger partial charge in [-0.3, -0.25) is 19.5 Å². The lowest BCUT2D eigenvalue weighted by Gasteiger charge is -2.50. The summed E-state index contributed by atoms with van der Waals surface area (Å²) in [5.41, 5.74) is 5.77. The summed E-state index contributed by atoms with van der Waals surface area (Å²) in [7, 11) is 0. The second kappa shape index (κ2) is 12.6. The molecule has 0 saturated carbocycles. The lowest BCUT2D eigenvalue weighted by Crippen LogP contribution is -2.86. The molecule has 2 amide bonds. The summed E-state index contributed by atoms with van der Waals surface area (Å²) in [6.45, 7) is 2.25. The maximum absolute atomic E-state index is 13.1. The Morgan fingerprint density at radius 1 is 1.38 bits per heavy atom. The van der Waals surface area contributed by atoms with Crippen LogP contribution in [0.5, 0.6) is 0 Å². The van der Waals surface area contributed by atoms with Crippen molar-refractivity contribution in [3.63, 3.8) is 0 Å². The number of aliphatic carboxylic acids is 1. The lowest BCUT2D eigenvalue weighted by atomic mass is 10.0. The summed E-state index contributed by atoms with van der Waals surface area (Å²) in [5, 5.41) is 29.4. The van der Waals surface area contributed by atoms with Crippen LogP contribution in [0.25, 0.3) is 0 Å². The number of oxime groups is 1. The largest absolute Gasteiger partial charge is 0.543 e. The van der Waals surface area contributed by atoms with Gasteiger partial charge in [0.25, 0.3) is 11.8 Å². The van der Waals surface area contributed by atoms with Gasteiger partial charge in [-0.2, -0.15) is 11.8 Å². The van der Waals surface area contributed by atoms with Gasteiger partial charge >= 0.3 is 0 Å². The van der Waals surface area contributed by atoms with Crippen molar-refractivity contribution < 1.29 is 30.0 Å². The van der Waals surface area contributed by atoms with Crippen LogP contribution in [0.1, 0.15) is 24.1 Å². The zero-order valence-electron chi connectivity index (χ0n) is 20.7. The van der Waals surface area contributed by atoms with E-state index in [0.717, 1.165) is 58.4 Å². The Hall–Kier alpha value is -2.50. The summed E-state index contributed by atoms with van der Waals surface area (Å²) in [5.74, 6) is -1.95. The minimum Gasteiger partial charge on any atom is -0.543 e. The summed E-state index contributed by atoms with van der Waals surface area (Å²) in [6, 6.07) is 0.796. The zero-order valence-corrected chi connectivity index (χ0v) is 24.8. The number of nitrogen functional groups attached to an aromatic ring is 1. The molecule has 2 saturated heterocycles. The Labute approximate surface area is 250 Å². The third-order valence-electron chi connectivity index (χ3n) is 6.51. The molecule has 2 atom stereocenters. The Bertz CT molecular complexity index is 1400. The topological polar surface area (TPSA) is 191 Å². The van der Waals surface area contributed by atoms with Gasteiger partial charge in [-0.1, -0.05) is 39.9 Å². The maximum atomic E-state index is 13.1. The first-order valence-electron chi connectivity index (χ1n) is 12.2. The highest BCUT2D eigenvalue weighted by molar-refractivity contribution is 8.06. The number of halogens is 1. The van der Waals surface area contributed by atoms with Crippen molar-refractivity contribution in [3.8, 4) is 0 Å². The number of thiazole rings is 1. The number of β-lactam (4-membered cyclic amide) rings is 1. The fourth-order valence-corrected chi connectivity index (χ4v) is 9.39. The average Bonchev–Trinajstić information content (AvgIpc) is 3.28. The van der Waals surface area contributed by atoms with Crippen LogP contribution in [0.4, 0.5) is 5.13 Å². The quantitative estimate of drug-likeness (QED) is 0.125. The molecular weight excluding hydrogens is 618 g/mol. The Balaban J connectivity index is 1.30. The van der Waals surface area contributed by atoms with Crippen LogP contribution in [-0.2, 0) is 20.1 Å². The molecule has 0 aromatic carbocycles. The normalized spacial score (nSPS) is 21.7. The van der Waals surface area contributed by atoms with E-state index in [2.05, 4.69) is 25.8 Å². The molecule has 5 rings (SSSR count). The highest BCUT2D eigenvalue weighted by Gasteiger charge is 2.53. The number of nitrogens with zero attached hydrogens (tertiary/aromatic N) is 4. The van der Waals surface area contributed by atoms with Crippen molar-refractivity contribution in [1.82, 2.24) is 20.2 Å². The second-order valence-electron chi connectivity index (χ2n) is 9.01. The number of carbonyl (C=O) groups excluding carboxylic acids is 3. The number of carbonyl (C=O) groups is 3. The van der Waals surface area contributed by atoms with Gasteiger partial charge < -0.3 is 31.5 Å². The Kier molecular flexibility index (Phi) is 9.11.